The standard InChI is InChI=1S/C11H17ClN2O3/c1-4-17-6-14-9(12)8(5-7(2)3)10(15)13-11(14)16/h7H,4-6H2,1-3H3,(H,13,15,16). The zero-order valence-electron chi connectivity index (χ0n) is 10.2. The van der Waals surface area contributed by atoms with Gasteiger partial charge in [0, 0.05) is 6.61 Å². The summed E-state index contributed by atoms with van der Waals surface area (Å²) >= 11 is 6.06. The Labute approximate surface area is 104 Å². The fraction of sp³-hybridized carbons (Fsp3) is 0.636. The van der Waals surface area contributed by atoms with Crippen molar-refractivity contribution in [1.29, 1.82) is 0 Å². The predicted molar refractivity (Wildman–Crippen MR) is 66.5 cm³/mol. The first-order valence-corrected chi connectivity index (χ1v) is 5.94. The van der Waals surface area contributed by atoms with Crippen molar-refractivity contribution >= 4 is 11.6 Å². The van der Waals surface area contributed by atoms with Crippen molar-refractivity contribution < 1.29 is 4.74 Å². The second-order valence-corrected chi connectivity index (χ2v) is 4.53. The molecule has 5 nitrogen and oxygen atoms in total. The van der Waals surface area contributed by atoms with Crippen LogP contribution in [0, 0.1) is 5.92 Å². The molecule has 1 rings (SSSR count). The van der Waals surface area contributed by atoms with E-state index in [9.17, 15) is 9.59 Å². The van der Waals surface area contributed by atoms with Crippen molar-refractivity contribution in [3.05, 3.63) is 31.6 Å². The molecule has 0 unspecified atom stereocenters. The van der Waals surface area contributed by atoms with Crippen molar-refractivity contribution in [2.45, 2.75) is 33.9 Å². The minimum atomic E-state index is -0.541. The van der Waals surface area contributed by atoms with Gasteiger partial charge in [-0.2, -0.15) is 0 Å². The second kappa shape index (κ2) is 6.02. The molecule has 0 saturated heterocycles. The lowest BCUT2D eigenvalue weighted by atomic mass is 10.1. The van der Waals surface area contributed by atoms with Gasteiger partial charge in [-0.15, -0.1) is 0 Å². The van der Waals surface area contributed by atoms with Crippen LogP contribution in [0.2, 0.25) is 5.15 Å². The number of nitrogens with one attached hydrogen (secondary N) is 1. The lowest BCUT2D eigenvalue weighted by Crippen LogP contribution is -2.34. The molecule has 17 heavy (non-hydrogen) atoms. The molecule has 0 atom stereocenters. The normalized spacial score (nSPS) is 11.1. The van der Waals surface area contributed by atoms with Crippen molar-refractivity contribution in [2.75, 3.05) is 6.61 Å². The van der Waals surface area contributed by atoms with E-state index in [1.165, 1.54) is 4.57 Å². The SMILES string of the molecule is CCOCn1c(Cl)c(CC(C)C)c(=O)[nH]c1=O. The van der Waals surface area contributed by atoms with Crippen LogP contribution in [0.15, 0.2) is 9.59 Å². The summed E-state index contributed by atoms with van der Waals surface area (Å²) in [5, 5.41) is 0.168. The van der Waals surface area contributed by atoms with E-state index in [4.69, 9.17) is 16.3 Å². The Bertz CT molecular complexity index is 490. The van der Waals surface area contributed by atoms with E-state index < -0.39 is 11.2 Å². The van der Waals surface area contributed by atoms with Crippen LogP contribution in [-0.2, 0) is 17.9 Å². The summed E-state index contributed by atoms with van der Waals surface area (Å²) in [4.78, 5) is 25.4. The van der Waals surface area contributed by atoms with Gasteiger partial charge in [0.25, 0.3) is 5.56 Å². The maximum atomic E-state index is 11.6. The molecular formula is C11H17ClN2O3. The first-order chi connectivity index (χ1) is 7.97. The highest BCUT2D eigenvalue weighted by molar-refractivity contribution is 6.30. The lowest BCUT2D eigenvalue weighted by Gasteiger charge is -2.12. The first-order valence-electron chi connectivity index (χ1n) is 5.56. The van der Waals surface area contributed by atoms with Crippen LogP contribution in [0.1, 0.15) is 26.3 Å². The number of rotatable bonds is 5. The third-order valence-corrected chi connectivity index (χ3v) is 2.69. The smallest absolute Gasteiger partial charge is 0.331 e. The third-order valence-electron chi connectivity index (χ3n) is 2.26. The van der Waals surface area contributed by atoms with E-state index in [0.717, 1.165) is 0 Å². The number of nitrogens with zero attached hydrogens (tertiary/aromatic N) is 1. The number of hydrogen-bond donors (Lipinski definition) is 1. The minimum Gasteiger partial charge on any atom is -0.361 e. The molecule has 0 amide bonds. The highest BCUT2D eigenvalue weighted by Crippen LogP contribution is 2.13. The fourth-order valence-electron chi connectivity index (χ4n) is 1.47. The highest BCUT2D eigenvalue weighted by Gasteiger charge is 2.14. The molecule has 0 bridgehead atoms. The largest absolute Gasteiger partial charge is 0.361 e. The molecule has 1 N–H and O–H groups in total. The maximum Gasteiger partial charge on any atom is 0.331 e. The molecule has 0 radical (unpaired) electrons. The monoisotopic (exact) mass is 260 g/mol. The molecule has 1 heterocycles. The third kappa shape index (κ3) is 3.44. The Morgan fingerprint density at radius 1 is 1.41 bits per heavy atom. The van der Waals surface area contributed by atoms with E-state index in [0.29, 0.717) is 18.6 Å². The molecule has 0 aromatic carbocycles. The average molecular weight is 261 g/mol. The van der Waals surface area contributed by atoms with E-state index in [1.807, 2.05) is 20.8 Å². The van der Waals surface area contributed by atoms with Gasteiger partial charge < -0.3 is 4.74 Å². The zero-order chi connectivity index (χ0) is 13.0. The number of hydrogen-bond acceptors (Lipinski definition) is 3. The maximum absolute atomic E-state index is 11.6. The van der Waals surface area contributed by atoms with Crippen molar-refractivity contribution in [2.24, 2.45) is 5.92 Å². The molecule has 0 saturated carbocycles. The van der Waals surface area contributed by atoms with Crippen LogP contribution in [0.4, 0.5) is 0 Å². The van der Waals surface area contributed by atoms with E-state index >= 15 is 0 Å². The van der Waals surface area contributed by atoms with Gasteiger partial charge in [-0.05, 0) is 19.3 Å². The first kappa shape index (κ1) is 14.0. The van der Waals surface area contributed by atoms with Gasteiger partial charge in [0.05, 0.1) is 5.56 Å². The molecule has 1 aromatic rings. The van der Waals surface area contributed by atoms with Crippen LogP contribution in [0.3, 0.4) is 0 Å². The van der Waals surface area contributed by atoms with Gasteiger partial charge in [-0.25, -0.2) is 4.79 Å². The summed E-state index contributed by atoms with van der Waals surface area (Å²) in [5.41, 5.74) is -0.525. The van der Waals surface area contributed by atoms with Gasteiger partial charge in [0.15, 0.2) is 0 Å². The molecule has 1 aromatic heterocycles. The van der Waals surface area contributed by atoms with Crippen molar-refractivity contribution in [3.63, 3.8) is 0 Å². The Morgan fingerprint density at radius 2 is 2.06 bits per heavy atom. The topological polar surface area (TPSA) is 64.1 Å². The summed E-state index contributed by atoms with van der Waals surface area (Å²) in [6, 6.07) is 0. The quantitative estimate of drug-likeness (QED) is 0.814. The Balaban J connectivity index is 3.23. The molecule has 96 valence electrons. The summed E-state index contributed by atoms with van der Waals surface area (Å²) in [6.45, 7) is 6.30. The van der Waals surface area contributed by atoms with Gasteiger partial charge in [0.2, 0.25) is 0 Å². The van der Waals surface area contributed by atoms with E-state index in [1.54, 1.807) is 0 Å². The Hall–Kier alpha value is -1.07. The highest BCUT2D eigenvalue weighted by atomic mass is 35.5. The van der Waals surface area contributed by atoms with Crippen LogP contribution < -0.4 is 11.2 Å². The van der Waals surface area contributed by atoms with E-state index in [2.05, 4.69) is 4.98 Å². The molecule has 0 fully saturated rings. The van der Waals surface area contributed by atoms with Gasteiger partial charge in [-0.3, -0.25) is 14.3 Å². The molecule has 0 aliphatic heterocycles. The molecule has 0 aliphatic rings. The fourth-order valence-corrected chi connectivity index (χ4v) is 1.76. The van der Waals surface area contributed by atoms with Crippen LogP contribution in [-0.4, -0.2) is 16.2 Å². The number of aromatic amines is 1. The minimum absolute atomic E-state index is 0.0516. The van der Waals surface area contributed by atoms with Gasteiger partial charge >= 0.3 is 5.69 Å². The predicted octanol–water partition coefficient (Wildman–Crippen LogP) is 1.38. The van der Waals surface area contributed by atoms with Crippen molar-refractivity contribution in [1.82, 2.24) is 9.55 Å². The van der Waals surface area contributed by atoms with Crippen LogP contribution in [0.5, 0.6) is 0 Å². The number of H-pyrrole nitrogens is 1. The second-order valence-electron chi connectivity index (χ2n) is 4.18. The van der Waals surface area contributed by atoms with Gasteiger partial charge in [0.1, 0.15) is 11.9 Å². The lowest BCUT2D eigenvalue weighted by molar-refractivity contribution is 0.0842. The number of halogens is 1. The average Bonchev–Trinajstić information content (AvgIpc) is 2.23. The molecular weight excluding hydrogens is 244 g/mol. The Kier molecular flexibility index (Phi) is 4.96. The van der Waals surface area contributed by atoms with E-state index in [-0.39, 0.29) is 17.8 Å². The van der Waals surface area contributed by atoms with Crippen molar-refractivity contribution in [3.8, 4) is 0 Å². The molecule has 0 aliphatic carbocycles. The van der Waals surface area contributed by atoms with Crippen LogP contribution in [0.25, 0.3) is 0 Å². The van der Waals surface area contributed by atoms with Gasteiger partial charge in [-0.1, -0.05) is 25.4 Å². The molecule has 6 heteroatoms. The summed E-state index contributed by atoms with van der Waals surface area (Å²) in [6.07, 6.45) is 0.528. The number of aromatic nitrogens is 2. The summed E-state index contributed by atoms with van der Waals surface area (Å²) in [5.74, 6) is 0.284. The zero-order valence-corrected chi connectivity index (χ0v) is 11.0. The summed E-state index contributed by atoms with van der Waals surface area (Å²) in [7, 11) is 0. The Morgan fingerprint density at radius 3 is 2.59 bits per heavy atom. The number of ether oxygens (including phenoxy) is 1. The summed E-state index contributed by atoms with van der Waals surface area (Å²) < 4.78 is 6.36. The molecule has 0 spiro atoms. The van der Waals surface area contributed by atoms with Crippen LogP contribution >= 0.6 is 11.6 Å².